The van der Waals surface area contributed by atoms with Crippen LogP contribution in [0.1, 0.15) is 37.3 Å². The van der Waals surface area contributed by atoms with Crippen molar-refractivity contribution in [3.63, 3.8) is 0 Å². The van der Waals surface area contributed by atoms with Crippen LogP contribution in [0.4, 0.5) is 0 Å². The fourth-order valence-electron chi connectivity index (χ4n) is 2.34. The summed E-state index contributed by atoms with van der Waals surface area (Å²) < 4.78 is 13.0. The number of hydrogen-bond acceptors (Lipinski definition) is 5. The number of rotatable bonds is 6. The Morgan fingerprint density at radius 1 is 1.61 bits per heavy atom. The molecular weight excluding hydrogens is 232 g/mol. The van der Waals surface area contributed by atoms with E-state index in [4.69, 9.17) is 15.2 Å². The molecule has 0 amide bonds. The van der Waals surface area contributed by atoms with Gasteiger partial charge in [0.1, 0.15) is 0 Å². The van der Waals surface area contributed by atoms with Crippen LogP contribution in [0.25, 0.3) is 0 Å². The van der Waals surface area contributed by atoms with E-state index in [9.17, 15) is 0 Å². The van der Waals surface area contributed by atoms with Gasteiger partial charge in [0.05, 0.1) is 30.1 Å². The van der Waals surface area contributed by atoms with Gasteiger partial charge in [-0.25, -0.2) is 4.68 Å². The molecular formula is C12H22N4O2. The Kier molecular flexibility index (Phi) is 4.68. The van der Waals surface area contributed by atoms with Crippen molar-refractivity contribution in [1.82, 2.24) is 15.0 Å². The number of ether oxygens (including phenoxy) is 2. The molecule has 0 aromatic carbocycles. The molecule has 1 saturated heterocycles. The molecule has 1 aliphatic heterocycles. The third-order valence-electron chi connectivity index (χ3n) is 3.37. The Hall–Kier alpha value is -0.980. The molecule has 2 heterocycles. The zero-order valence-electron chi connectivity index (χ0n) is 11.1. The first kappa shape index (κ1) is 13.5. The average molecular weight is 254 g/mol. The van der Waals surface area contributed by atoms with Gasteiger partial charge in [0.25, 0.3) is 0 Å². The zero-order chi connectivity index (χ0) is 13.0. The molecule has 1 aromatic heterocycles. The van der Waals surface area contributed by atoms with Crippen molar-refractivity contribution in [3.8, 4) is 0 Å². The summed E-state index contributed by atoms with van der Waals surface area (Å²) in [6.45, 7) is 4.18. The van der Waals surface area contributed by atoms with Gasteiger partial charge in [-0.2, -0.15) is 0 Å². The summed E-state index contributed by atoms with van der Waals surface area (Å²) in [5.41, 5.74) is 7.56. The Balaban J connectivity index is 2.16. The normalized spacial score (nSPS) is 21.4. The van der Waals surface area contributed by atoms with Crippen LogP contribution < -0.4 is 5.73 Å². The lowest BCUT2D eigenvalue weighted by atomic mass is 10.1. The van der Waals surface area contributed by atoms with Crippen molar-refractivity contribution in [2.45, 2.75) is 44.9 Å². The Labute approximate surface area is 107 Å². The topological polar surface area (TPSA) is 75.2 Å². The number of aromatic nitrogens is 3. The van der Waals surface area contributed by atoms with E-state index in [2.05, 4.69) is 10.3 Å². The van der Waals surface area contributed by atoms with E-state index in [0.29, 0.717) is 6.54 Å². The summed E-state index contributed by atoms with van der Waals surface area (Å²) >= 11 is 0. The third kappa shape index (κ3) is 2.88. The molecule has 0 bridgehead atoms. The third-order valence-corrected chi connectivity index (χ3v) is 3.37. The van der Waals surface area contributed by atoms with Crippen molar-refractivity contribution >= 4 is 0 Å². The lowest BCUT2D eigenvalue weighted by Crippen LogP contribution is -2.20. The van der Waals surface area contributed by atoms with Crippen molar-refractivity contribution in [1.29, 1.82) is 0 Å². The highest BCUT2D eigenvalue weighted by Gasteiger charge is 2.23. The molecule has 6 nitrogen and oxygen atoms in total. The van der Waals surface area contributed by atoms with E-state index >= 15 is 0 Å². The van der Waals surface area contributed by atoms with E-state index in [0.717, 1.165) is 43.8 Å². The van der Waals surface area contributed by atoms with Crippen molar-refractivity contribution in [3.05, 3.63) is 11.4 Å². The van der Waals surface area contributed by atoms with Gasteiger partial charge in [-0.15, -0.1) is 5.10 Å². The first-order chi connectivity index (χ1) is 8.76. The van der Waals surface area contributed by atoms with Gasteiger partial charge in [-0.1, -0.05) is 5.21 Å². The monoisotopic (exact) mass is 254 g/mol. The first-order valence-electron chi connectivity index (χ1n) is 6.53. The summed E-state index contributed by atoms with van der Waals surface area (Å²) in [6, 6.07) is 0. The average Bonchev–Trinajstić information content (AvgIpc) is 3.00. The van der Waals surface area contributed by atoms with Crippen LogP contribution >= 0.6 is 0 Å². The van der Waals surface area contributed by atoms with Crippen LogP contribution in [0.15, 0.2) is 0 Å². The Morgan fingerprint density at radius 3 is 3.06 bits per heavy atom. The minimum Gasteiger partial charge on any atom is -0.376 e. The highest BCUT2D eigenvalue weighted by molar-refractivity contribution is 5.13. The largest absolute Gasteiger partial charge is 0.376 e. The van der Waals surface area contributed by atoms with Crippen LogP contribution in [0.2, 0.25) is 0 Å². The number of hydrogen-bond donors (Lipinski definition) is 1. The van der Waals surface area contributed by atoms with Gasteiger partial charge < -0.3 is 15.2 Å². The predicted octanol–water partition coefficient (Wildman–Crippen LogP) is 0.666. The van der Waals surface area contributed by atoms with E-state index in [1.54, 1.807) is 7.11 Å². The van der Waals surface area contributed by atoms with Crippen LogP contribution in [0.3, 0.4) is 0 Å². The lowest BCUT2D eigenvalue weighted by Gasteiger charge is -2.16. The highest BCUT2D eigenvalue weighted by Crippen LogP contribution is 2.21. The van der Waals surface area contributed by atoms with Gasteiger partial charge in [-0.05, 0) is 26.3 Å². The van der Waals surface area contributed by atoms with Crippen LogP contribution in [-0.4, -0.2) is 41.4 Å². The minimum atomic E-state index is -0.0250. The quantitative estimate of drug-likeness (QED) is 0.807. The van der Waals surface area contributed by atoms with Gasteiger partial charge in [0.15, 0.2) is 0 Å². The van der Waals surface area contributed by atoms with Crippen molar-refractivity contribution < 1.29 is 9.47 Å². The Bertz CT molecular complexity index is 374. The summed E-state index contributed by atoms with van der Waals surface area (Å²) in [4.78, 5) is 0. The minimum absolute atomic E-state index is 0.0250. The first-order valence-corrected chi connectivity index (χ1v) is 6.53. The molecule has 2 unspecified atom stereocenters. The fraction of sp³-hybridized carbons (Fsp3) is 0.833. The maximum Gasteiger partial charge on any atom is 0.0978 e. The van der Waals surface area contributed by atoms with E-state index < -0.39 is 0 Å². The number of nitrogens with zero attached hydrogens (tertiary/aromatic N) is 3. The molecule has 2 N–H and O–H groups in total. The second-order valence-electron chi connectivity index (χ2n) is 4.66. The van der Waals surface area contributed by atoms with E-state index in [1.807, 2.05) is 11.6 Å². The van der Waals surface area contributed by atoms with Gasteiger partial charge in [0, 0.05) is 20.1 Å². The molecule has 1 fully saturated rings. The maximum absolute atomic E-state index is 5.64. The molecule has 0 aliphatic carbocycles. The van der Waals surface area contributed by atoms with Crippen LogP contribution in [0, 0.1) is 0 Å². The highest BCUT2D eigenvalue weighted by atomic mass is 16.5. The molecule has 102 valence electrons. The summed E-state index contributed by atoms with van der Waals surface area (Å²) in [5, 5.41) is 8.43. The van der Waals surface area contributed by atoms with Crippen LogP contribution in [0.5, 0.6) is 0 Å². The molecule has 18 heavy (non-hydrogen) atoms. The van der Waals surface area contributed by atoms with Gasteiger partial charge >= 0.3 is 0 Å². The molecule has 0 spiro atoms. The van der Waals surface area contributed by atoms with E-state index in [1.165, 1.54) is 0 Å². The molecule has 2 rings (SSSR count). The second-order valence-corrected chi connectivity index (χ2v) is 4.66. The Morgan fingerprint density at radius 2 is 2.44 bits per heavy atom. The molecule has 6 heteroatoms. The predicted molar refractivity (Wildman–Crippen MR) is 67.2 cm³/mol. The van der Waals surface area contributed by atoms with Gasteiger partial charge in [0.2, 0.25) is 0 Å². The molecule has 0 saturated carbocycles. The lowest BCUT2D eigenvalue weighted by molar-refractivity contribution is 0.0819. The number of methoxy groups -OCH3 is 1. The standard InChI is InChI=1S/C12H22N4O2/c1-9(17-2)12-11(5-6-13)14-15-16(12)8-10-4-3-7-18-10/h9-10H,3-8,13H2,1-2H3. The molecule has 1 aliphatic rings. The smallest absolute Gasteiger partial charge is 0.0978 e. The SMILES string of the molecule is COC(C)c1c(CCN)nnn1CC1CCCO1. The summed E-state index contributed by atoms with van der Waals surface area (Å²) in [6.07, 6.45) is 3.18. The molecule has 2 atom stereocenters. The summed E-state index contributed by atoms with van der Waals surface area (Å²) in [5.74, 6) is 0. The van der Waals surface area contributed by atoms with Crippen LogP contribution in [-0.2, 0) is 22.4 Å². The van der Waals surface area contributed by atoms with Crippen molar-refractivity contribution in [2.24, 2.45) is 5.73 Å². The molecule has 1 aromatic rings. The molecule has 0 radical (unpaired) electrons. The fourth-order valence-corrected chi connectivity index (χ4v) is 2.34. The second kappa shape index (κ2) is 6.26. The maximum atomic E-state index is 5.64. The number of nitrogens with two attached hydrogens (primary N) is 1. The van der Waals surface area contributed by atoms with Crippen molar-refractivity contribution in [2.75, 3.05) is 20.3 Å². The van der Waals surface area contributed by atoms with Gasteiger partial charge in [-0.3, -0.25) is 0 Å². The zero-order valence-corrected chi connectivity index (χ0v) is 11.1. The van der Waals surface area contributed by atoms with E-state index in [-0.39, 0.29) is 12.2 Å². The summed E-state index contributed by atoms with van der Waals surface area (Å²) in [7, 11) is 1.69.